The fourth-order valence-corrected chi connectivity index (χ4v) is 2.54. The summed E-state index contributed by atoms with van der Waals surface area (Å²) in [5.41, 5.74) is 5.79. The van der Waals surface area contributed by atoms with E-state index < -0.39 is 0 Å². The van der Waals surface area contributed by atoms with Crippen molar-refractivity contribution in [1.29, 1.82) is 0 Å². The normalized spacial score (nSPS) is 40.8. The average Bonchev–Trinajstić information content (AvgIpc) is 2.19. The van der Waals surface area contributed by atoms with Crippen molar-refractivity contribution in [2.75, 3.05) is 19.6 Å². The van der Waals surface area contributed by atoms with Gasteiger partial charge in [-0.3, -0.25) is 0 Å². The molecular formula is C10H20N2O. The lowest BCUT2D eigenvalue weighted by Gasteiger charge is -2.43. The van der Waals surface area contributed by atoms with Gasteiger partial charge in [0.25, 0.3) is 0 Å². The molecule has 0 bridgehead atoms. The third kappa shape index (κ3) is 2.03. The summed E-state index contributed by atoms with van der Waals surface area (Å²) >= 11 is 0. The summed E-state index contributed by atoms with van der Waals surface area (Å²) < 4.78 is 6.08. The molecule has 0 radical (unpaired) electrons. The minimum absolute atomic E-state index is 0.139. The SMILES string of the molecule is NCC1CCCC2(CCCNC2)O1. The van der Waals surface area contributed by atoms with Gasteiger partial charge < -0.3 is 15.8 Å². The summed E-state index contributed by atoms with van der Waals surface area (Å²) in [7, 11) is 0. The van der Waals surface area contributed by atoms with Crippen molar-refractivity contribution in [3.8, 4) is 0 Å². The van der Waals surface area contributed by atoms with Crippen LogP contribution in [0.2, 0.25) is 0 Å². The van der Waals surface area contributed by atoms with Crippen molar-refractivity contribution >= 4 is 0 Å². The van der Waals surface area contributed by atoms with Gasteiger partial charge in [0.1, 0.15) is 0 Å². The fraction of sp³-hybridized carbons (Fsp3) is 1.00. The molecule has 1 spiro atoms. The van der Waals surface area contributed by atoms with E-state index in [4.69, 9.17) is 10.5 Å². The van der Waals surface area contributed by atoms with Gasteiger partial charge in [-0.15, -0.1) is 0 Å². The van der Waals surface area contributed by atoms with Crippen molar-refractivity contribution in [2.24, 2.45) is 5.73 Å². The zero-order valence-corrected chi connectivity index (χ0v) is 8.22. The van der Waals surface area contributed by atoms with E-state index in [1.165, 1.54) is 25.7 Å². The molecule has 2 aliphatic rings. The number of hydrogen-bond acceptors (Lipinski definition) is 3. The summed E-state index contributed by atoms with van der Waals surface area (Å²) in [4.78, 5) is 0. The Hall–Kier alpha value is -0.120. The maximum atomic E-state index is 6.08. The van der Waals surface area contributed by atoms with Crippen LogP contribution in [0, 0.1) is 0 Å². The minimum atomic E-state index is 0.139. The maximum Gasteiger partial charge on any atom is 0.0811 e. The average molecular weight is 184 g/mol. The van der Waals surface area contributed by atoms with Gasteiger partial charge in [-0.05, 0) is 38.6 Å². The summed E-state index contributed by atoms with van der Waals surface area (Å²) in [6.07, 6.45) is 6.43. The number of nitrogens with two attached hydrogens (primary N) is 1. The molecule has 2 saturated heterocycles. The molecule has 3 N–H and O–H groups in total. The van der Waals surface area contributed by atoms with Crippen molar-refractivity contribution in [3.63, 3.8) is 0 Å². The van der Waals surface area contributed by atoms with Gasteiger partial charge in [0.2, 0.25) is 0 Å². The molecule has 2 atom stereocenters. The Balaban J connectivity index is 1.95. The molecule has 0 aliphatic carbocycles. The zero-order valence-electron chi connectivity index (χ0n) is 8.22. The van der Waals surface area contributed by atoms with Gasteiger partial charge in [-0.1, -0.05) is 0 Å². The lowest BCUT2D eigenvalue weighted by atomic mass is 9.85. The predicted octanol–water partition coefficient (Wildman–Crippen LogP) is 0.636. The van der Waals surface area contributed by atoms with Gasteiger partial charge in [-0.25, -0.2) is 0 Å². The quantitative estimate of drug-likeness (QED) is 0.628. The number of piperidine rings is 1. The first-order valence-electron chi connectivity index (χ1n) is 5.43. The Kier molecular flexibility index (Phi) is 2.86. The van der Waals surface area contributed by atoms with Crippen molar-refractivity contribution in [2.45, 2.75) is 43.8 Å². The standard InChI is InChI=1S/C10H20N2O/c11-7-9-3-1-4-10(13-9)5-2-6-12-8-10/h9,12H,1-8,11H2. The molecule has 3 heteroatoms. The highest BCUT2D eigenvalue weighted by Gasteiger charge is 2.37. The Morgan fingerprint density at radius 3 is 2.92 bits per heavy atom. The molecule has 0 aromatic heterocycles. The summed E-state index contributed by atoms with van der Waals surface area (Å²) in [5, 5.41) is 3.42. The Labute approximate surface area is 80.0 Å². The second-order valence-electron chi connectivity index (χ2n) is 4.33. The lowest BCUT2D eigenvalue weighted by Crippen LogP contribution is -2.52. The highest BCUT2D eigenvalue weighted by atomic mass is 16.5. The van der Waals surface area contributed by atoms with Crippen LogP contribution in [0.1, 0.15) is 32.1 Å². The van der Waals surface area contributed by atoms with Crippen molar-refractivity contribution in [1.82, 2.24) is 5.32 Å². The van der Waals surface area contributed by atoms with Crippen LogP contribution in [0.3, 0.4) is 0 Å². The third-order valence-electron chi connectivity index (χ3n) is 3.27. The third-order valence-corrected chi connectivity index (χ3v) is 3.27. The van der Waals surface area contributed by atoms with E-state index in [2.05, 4.69) is 5.32 Å². The first-order chi connectivity index (χ1) is 6.35. The molecule has 2 unspecified atom stereocenters. The summed E-state index contributed by atoms with van der Waals surface area (Å²) in [6, 6.07) is 0. The van der Waals surface area contributed by atoms with Gasteiger partial charge in [0.15, 0.2) is 0 Å². The minimum Gasteiger partial charge on any atom is -0.369 e. The van der Waals surface area contributed by atoms with Crippen LogP contribution in [0.25, 0.3) is 0 Å². The first-order valence-corrected chi connectivity index (χ1v) is 5.43. The monoisotopic (exact) mass is 184 g/mol. The van der Waals surface area contributed by atoms with E-state index in [0.29, 0.717) is 12.6 Å². The molecule has 0 amide bonds. The highest BCUT2D eigenvalue weighted by molar-refractivity contribution is 4.91. The number of rotatable bonds is 1. The smallest absolute Gasteiger partial charge is 0.0811 e. The van der Waals surface area contributed by atoms with Crippen LogP contribution in [-0.4, -0.2) is 31.3 Å². The molecule has 13 heavy (non-hydrogen) atoms. The van der Waals surface area contributed by atoms with Crippen LogP contribution < -0.4 is 11.1 Å². The molecule has 2 heterocycles. The first kappa shape index (κ1) is 9.44. The fourth-order valence-electron chi connectivity index (χ4n) is 2.54. The topological polar surface area (TPSA) is 47.3 Å². The summed E-state index contributed by atoms with van der Waals surface area (Å²) in [5.74, 6) is 0. The Morgan fingerprint density at radius 2 is 2.23 bits per heavy atom. The van der Waals surface area contributed by atoms with E-state index in [1.807, 2.05) is 0 Å². The summed E-state index contributed by atoms with van der Waals surface area (Å²) in [6.45, 7) is 2.86. The molecule has 0 saturated carbocycles. The predicted molar refractivity (Wildman–Crippen MR) is 52.6 cm³/mol. The lowest BCUT2D eigenvalue weighted by molar-refractivity contribution is -0.133. The molecule has 76 valence electrons. The van der Waals surface area contributed by atoms with Crippen LogP contribution in [0.4, 0.5) is 0 Å². The molecule has 3 nitrogen and oxygen atoms in total. The molecule has 2 aliphatic heterocycles. The van der Waals surface area contributed by atoms with Crippen molar-refractivity contribution in [3.05, 3.63) is 0 Å². The zero-order chi connectivity index (χ0) is 9.15. The number of ether oxygens (including phenoxy) is 1. The van der Waals surface area contributed by atoms with Gasteiger partial charge in [0, 0.05) is 13.1 Å². The van der Waals surface area contributed by atoms with Crippen LogP contribution in [0.15, 0.2) is 0 Å². The second-order valence-corrected chi connectivity index (χ2v) is 4.33. The highest BCUT2D eigenvalue weighted by Crippen LogP contribution is 2.33. The van der Waals surface area contributed by atoms with E-state index >= 15 is 0 Å². The van der Waals surface area contributed by atoms with Crippen LogP contribution in [0.5, 0.6) is 0 Å². The second kappa shape index (κ2) is 3.95. The maximum absolute atomic E-state index is 6.08. The Bertz CT molecular complexity index is 161. The van der Waals surface area contributed by atoms with E-state index in [9.17, 15) is 0 Å². The Morgan fingerprint density at radius 1 is 1.38 bits per heavy atom. The molecule has 2 rings (SSSR count). The van der Waals surface area contributed by atoms with Gasteiger partial charge >= 0.3 is 0 Å². The van der Waals surface area contributed by atoms with Crippen LogP contribution >= 0.6 is 0 Å². The number of hydrogen-bond donors (Lipinski definition) is 2. The molecule has 0 aromatic rings. The van der Waals surface area contributed by atoms with E-state index in [0.717, 1.165) is 19.5 Å². The largest absolute Gasteiger partial charge is 0.369 e. The van der Waals surface area contributed by atoms with Gasteiger partial charge in [-0.2, -0.15) is 0 Å². The van der Waals surface area contributed by atoms with E-state index in [-0.39, 0.29) is 5.60 Å². The van der Waals surface area contributed by atoms with Gasteiger partial charge in [0.05, 0.1) is 11.7 Å². The molecule has 0 aromatic carbocycles. The van der Waals surface area contributed by atoms with Crippen LogP contribution in [-0.2, 0) is 4.74 Å². The molecular weight excluding hydrogens is 164 g/mol. The molecule has 2 fully saturated rings. The number of nitrogens with one attached hydrogen (secondary N) is 1. The van der Waals surface area contributed by atoms with Crippen molar-refractivity contribution < 1.29 is 4.74 Å². The van der Waals surface area contributed by atoms with E-state index in [1.54, 1.807) is 0 Å².